The maximum Gasteiger partial charge on any atom is 0.326 e. The average molecular weight is 317 g/mol. The number of carboxylic acid groups (broad SMARTS) is 1. The smallest absolute Gasteiger partial charge is 0.326 e. The minimum atomic E-state index is -0.830. The van der Waals surface area contributed by atoms with Crippen LogP contribution in [-0.4, -0.2) is 39.7 Å². The predicted octanol–water partition coefficient (Wildman–Crippen LogP) is 2.42. The summed E-state index contributed by atoms with van der Waals surface area (Å²) < 4.78 is 0. The molecule has 4 atom stereocenters. The minimum Gasteiger partial charge on any atom is -0.480 e. The van der Waals surface area contributed by atoms with Gasteiger partial charge in [0, 0.05) is 11.4 Å². The number of hydrogen-bond acceptors (Lipinski definition) is 3. The van der Waals surface area contributed by atoms with Gasteiger partial charge in [-0.1, -0.05) is 24.6 Å². The van der Waals surface area contributed by atoms with Gasteiger partial charge in [0.1, 0.15) is 6.04 Å². The van der Waals surface area contributed by atoms with Crippen LogP contribution in [0.3, 0.4) is 0 Å². The molecule has 0 radical (unpaired) electrons. The standard InChI is InChI=1S/C17H19NO3S/c19-16(14-8-10-4-1-2-7-13(10)22-14)18-9-11-5-3-6-12(11)15(18)17(20)21/h1-2,4,7,11-12,14-15H,3,5-6,8-9H2,(H,20,21). The van der Waals surface area contributed by atoms with Gasteiger partial charge in [-0.05, 0) is 42.7 Å². The van der Waals surface area contributed by atoms with Crippen molar-refractivity contribution in [2.75, 3.05) is 6.54 Å². The summed E-state index contributed by atoms with van der Waals surface area (Å²) in [5, 5.41) is 9.44. The number of fused-ring (bicyclic) bond motifs is 2. The zero-order chi connectivity index (χ0) is 15.3. The molecule has 1 amide bonds. The highest BCUT2D eigenvalue weighted by Gasteiger charge is 2.50. The Labute approximate surface area is 133 Å². The van der Waals surface area contributed by atoms with Crippen LogP contribution in [0.25, 0.3) is 0 Å². The van der Waals surface area contributed by atoms with Crippen LogP contribution >= 0.6 is 11.8 Å². The third-order valence-corrected chi connectivity index (χ3v) is 6.65. The normalized spacial score (nSPS) is 32.8. The Morgan fingerprint density at radius 3 is 2.82 bits per heavy atom. The van der Waals surface area contributed by atoms with Gasteiger partial charge in [0.15, 0.2) is 0 Å². The molecule has 0 aromatic heterocycles. The molecule has 5 heteroatoms. The Balaban J connectivity index is 1.55. The molecular formula is C17H19NO3S. The van der Waals surface area contributed by atoms with Gasteiger partial charge >= 0.3 is 5.97 Å². The van der Waals surface area contributed by atoms with E-state index in [2.05, 4.69) is 6.07 Å². The third kappa shape index (κ3) is 2.14. The minimum absolute atomic E-state index is 0.0167. The van der Waals surface area contributed by atoms with Gasteiger partial charge in [0.05, 0.1) is 5.25 Å². The van der Waals surface area contributed by atoms with Crippen LogP contribution < -0.4 is 0 Å². The maximum absolute atomic E-state index is 12.9. The molecule has 2 fully saturated rings. The number of benzene rings is 1. The molecule has 1 saturated heterocycles. The Hall–Kier alpha value is -1.49. The molecule has 2 heterocycles. The largest absolute Gasteiger partial charge is 0.480 e. The molecular weight excluding hydrogens is 298 g/mol. The van der Waals surface area contributed by atoms with E-state index >= 15 is 0 Å². The zero-order valence-electron chi connectivity index (χ0n) is 12.3. The number of rotatable bonds is 2. The molecule has 4 unspecified atom stereocenters. The number of aliphatic carboxylic acids is 1. The Morgan fingerprint density at radius 2 is 2.05 bits per heavy atom. The summed E-state index contributed by atoms with van der Waals surface area (Å²) in [5.41, 5.74) is 1.21. The van der Waals surface area contributed by atoms with Gasteiger partial charge < -0.3 is 10.0 Å². The van der Waals surface area contributed by atoms with Gasteiger partial charge in [0.2, 0.25) is 5.91 Å². The van der Waals surface area contributed by atoms with Gasteiger partial charge in [0.25, 0.3) is 0 Å². The first-order valence-electron chi connectivity index (χ1n) is 7.93. The quantitative estimate of drug-likeness (QED) is 0.910. The van der Waals surface area contributed by atoms with Crippen molar-refractivity contribution in [2.45, 2.75) is 41.9 Å². The van der Waals surface area contributed by atoms with Crippen LogP contribution in [-0.2, 0) is 16.0 Å². The molecule has 4 rings (SSSR count). The summed E-state index contributed by atoms with van der Waals surface area (Å²) in [4.78, 5) is 27.4. The van der Waals surface area contributed by atoms with Gasteiger partial charge in [-0.25, -0.2) is 4.79 Å². The van der Waals surface area contributed by atoms with Crippen LogP contribution in [0.1, 0.15) is 24.8 Å². The first kappa shape index (κ1) is 14.1. The zero-order valence-corrected chi connectivity index (χ0v) is 13.1. The molecule has 0 spiro atoms. The predicted molar refractivity (Wildman–Crippen MR) is 83.8 cm³/mol. The molecule has 1 saturated carbocycles. The number of thioether (sulfide) groups is 1. The second kappa shape index (κ2) is 5.30. The summed E-state index contributed by atoms with van der Waals surface area (Å²) in [5.74, 6) is -0.264. The molecule has 116 valence electrons. The van der Waals surface area contributed by atoms with E-state index in [1.807, 2.05) is 18.2 Å². The van der Waals surface area contributed by atoms with E-state index in [9.17, 15) is 14.7 Å². The topological polar surface area (TPSA) is 57.6 Å². The van der Waals surface area contributed by atoms with Gasteiger partial charge in [-0.2, -0.15) is 0 Å². The van der Waals surface area contributed by atoms with Crippen LogP contribution in [0, 0.1) is 11.8 Å². The van der Waals surface area contributed by atoms with Gasteiger partial charge in [-0.3, -0.25) is 4.79 Å². The maximum atomic E-state index is 12.9. The van der Waals surface area contributed by atoms with Crippen molar-refractivity contribution >= 4 is 23.6 Å². The van der Waals surface area contributed by atoms with Crippen LogP contribution in [0.15, 0.2) is 29.2 Å². The first-order valence-corrected chi connectivity index (χ1v) is 8.81. The molecule has 2 aliphatic heterocycles. The van der Waals surface area contributed by atoms with Crippen molar-refractivity contribution in [1.82, 2.24) is 4.90 Å². The van der Waals surface area contributed by atoms with Crippen molar-refractivity contribution in [3.8, 4) is 0 Å². The lowest BCUT2D eigenvalue weighted by atomic mass is 9.94. The molecule has 3 aliphatic rings. The second-order valence-corrected chi connectivity index (χ2v) is 7.79. The lowest BCUT2D eigenvalue weighted by Crippen LogP contribution is -2.46. The monoisotopic (exact) mass is 317 g/mol. The highest BCUT2D eigenvalue weighted by molar-refractivity contribution is 8.01. The number of likely N-dealkylation sites (tertiary alicyclic amines) is 1. The fraction of sp³-hybridized carbons (Fsp3) is 0.529. The van der Waals surface area contributed by atoms with Crippen LogP contribution in [0.5, 0.6) is 0 Å². The van der Waals surface area contributed by atoms with Crippen LogP contribution in [0.4, 0.5) is 0 Å². The SMILES string of the molecule is O=C(O)C1C2CCCC2CN1C(=O)C1Cc2ccccc2S1. The first-order chi connectivity index (χ1) is 10.6. The Morgan fingerprint density at radius 1 is 1.23 bits per heavy atom. The van der Waals surface area contributed by atoms with Gasteiger partial charge in [-0.15, -0.1) is 11.8 Å². The molecule has 1 aliphatic carbocycles. The number of carbonyl (C=O) groups excluding carboxylic acids is 1. The molecule has 4 nitrogen and oxygen atoms in total. The molecule has 22 heavy (non-hydrogen) atoms. The number of hydrogen-bond donors (Lipinski definition) is 1. The number of carbonyl (C=O) groups is 2. The van der Waals surface area contributed by atoms with Crippen molar-refractivity contribution < 1.29 is 14.7 Å². The molecule has 1 aromatic rings. The van der Waals surface area contributed by atoms with E-state index in [-0.39, 0.29) is 17.1 Å². The summed E-state index contributed by atoms with van der Waals surface area (Å²) >= 11 is 1.59. The van der Waals surface area contributed by atoms with E-state index in [0.29, 0.717) is 12.5 Å². The molecule has 0 bridgehead atoms. The summed E-state index contributed by atoms with van der Waals surface area (Å²) in [6, 6.07) is 7.47. The fourth-order valence-electron chi connectivity index (χ4n) is 4.35. The lowest BCUT2D eigenvalue weighted by Gasteiger charge is -2.26. The summed E-state index contributed by atoms with van der Waals surface area (Å²) in [6.45, 7) is 0.633. The summed E-state index contributed by atoms with van der Waals surface area (Å²) in [7, 11) is 0. The van der Waals surface area contributed by atoms with Crippen molar-refractivity contribution in [3.63, 3.8) is 0 Å². The third-order valence-electron chi connectivity index (χ3n) is 5.35. The number of carboxylic acids is 1. The average Bonchev–Trinajstić information content (AvgIpc) is 3.18. The van der Waals surface area contributed by atoms with E-state index < -0.39 is 12.0 Å². The van der Waals surface area contributed by atoms with E-state index in [1.165, 1.54) is 5.56 Å². The second-order valence-electron chi connectivity index (χ2n) is 6.55. The van der Waals surface area contributed by atoms with E-state index in [4.69, 9.17) is 0 Å². The number of nitrogens with zero attached hydrogens (tertiary/aromatic N) is 1. The summed E-state index contributed by atoms with van der Waals surface area (Å²) in [6.07, 6.45) is 3.84. The van der Waals surface area contributed by atoms with Crippen LogP contribution in [0.2, 0.25) is 0 Å². The number of amides is 1. The lowest BCUT2D eigenvalue weighted by molar-refractivity contribution is -0.149. The van der Waals surface area contributed by atoms with Crippen molar-refractivity contribution in [2.24, 2.45) is 11.8 Å². The highest BCUT2D eigenvalue weighted by Crippen LogP contribution is 2.44. The fourth-order valence-corrected chi connectivity index (χ4v) is 5.62. The van der Waals surface area contributed by atoms with Crippen molar-refractivity contribution in [3.05, 3.63) is 29.8 Å². The van der Waals surface area contributed by atoms with E-state index in [1.54, 1.807) is 16.7 Å². The van der Waals surface area contributed by atoms with Crippen molar-refractivity contribution in [1.29, 1.82) is 0 Å². The van der Waals surface area contributed by atoms with E-state index in [0.717, 1.165) is 30.6 Å². The molecule has 1 N–H and O–H groups in total. The Kier molecular flexibility index (Phi) is 3.40. The molecule has 1 aromatic carbocycles. The Bertz CT molecular complexity index is 607. The highest BCUT2D eigenvalue weighted by atomic mass is 32.2.